The molecule has 0 amide bonds. The Morgan fingerprint density at radius 3 is 3.00 bits per heavy atom. The molecule has 3 aromatic heterocycles. The van der Waals surface area contributed by atoms with Crippen LogP contribution >= 0.6 is 0 Å². The zero-order chi connectivity index (χ0) is 15.8. The summed E-state index contributed by atoms with van der Waals surface area (Å²) in [6.07, 6.45) is 5.61. The molecule has 4 heterocycles. The van der Waals surface area contributed by atoms with Gasteiger partial charge in [-0.3, -0.25) is 4.90 Å². The number of aromatic nitrogens is 4. The highest BCUT2D eigenvalue weighted by Crippen LogP contribution is 2.31. The average molecular weight is 311 g/mol. The molecule has 0 N–H and O–H groups in total. The lowest BCUT2D eigenvalue weighted by molar-refractivity contribution is 0.134. The first kappa shape index (κ1) is 14.4. The van der Waals surface area contributed by atoms with Crippen LogP contribution in [0.5, 0.6) is 0 Å². The van der Waals surface area contributed by atoms with Gasteiger partial charge in [0.15, 0.2) is 5.65 Å². The third kappa shape index (κ3) is 2.86. The van der Waals surface area contributed by atoms with Gasteiger partial charge in [-0.2, -0.15) is 5.10 Å². The first-order chi connectivity index (χ1) is 11.2. The second-order valence-electron chi connectivity index (χ2n) is 6.35. The van der Waals surface area contributed by atoms with E-state index in [1.807, 2.05) is 36.7 Å². The number of hydrogen-bond acceptors (Lipinski definition) is 5. The van der Waals surface area contributed by atoms with E-state index in [-0.39, 0.29) is 0 Å². The van der Waals surface area contributed by atoms with Crippen molar-refractivity contribution in [3.05, 3.63) is 47.2 Å². The van der Waals surface area contributed by atoms with E-state index in [2.05, 4.69) is 21.2 Å². The molecule has 120 valence electrons. The number of hydrogen-bond donors (Lipinski definition) is 0. The summed E-state index contributed by atoms with van der Waals surface area (Å²) in [5.74, 6) is 0.864. The second-order valence-corrected chi connectivity index (χ2v) is 6.35. The van der Waals surface area contributed by atoms with Crippen LogP contribution in [0.15, 0.2) is 28.9 Å². The minimum absolute atomic E-state index is 0.334. The molecular weight excluding hydrogens is 290 g/mol. The van der Waals surface area contributed by atoms with Crippen LogP contribution in [-0.2, 0) is 6.54 Å². The van der Waals surface area contributed by atoms with Crippen LogP contribution in [-0.4, -0.2) is 31.2 Å². The number of rotatable bonds is 3. The topological polar surface area (TPSA) is 59.5 Å². The van der Waals surface area contributed by atoms with E-state index in [9.17, 15) is 0 Å². The van der Waals surface area contributed by atoms with Crippen LogP contribution in [0.1, 0.15) is 48.1 Å². The molecule has 1 aliphatic heterocycles. The van der Waals surface area contributed by atoms with Crippen LogP contribution < -0.4 is 0 Å². The molecule has 0 unspecified atom stereocenters. The van der Waals surface area contributed by atoms with E-state index in [0.717, 1.165) is 48.0 Å². The molecule has 0 spiro atoms. The summed E-state index contributed by atoms with van der Waals surface area (Å²) in [4.78, 5) is 7.29. The van der Waals surface area contributed by atoms with Crippen molar-refractivity contribution in [2.45, 2.75) is 45.7 Å². The van der Waals surface area contributed by atoms with Crippen LogP contribution in [0.2, 0.25) is 0 Å². The van der Waals surface area contributed by atoms with Crippen molar-refractivity contribution in [3.63, 3.8) is 0 Å². The Balaban J connectivity index is 1.62. The molecule has 0 bridgehead atoms. The summed E-state index contributed by atoms with van der Waals surface area (Å²) in [5, 5.41) is 8.55. The lowest BCUT2D eigenvalue weighted by atomic mass is 9.99. The van der Waals surface area contributed by atoms with Gasteiger partial charge in [-0.05, 0) is 39.3 Å². The Morgan fingerprint density at radius 1 is 1.26 bits per heavy atom. The first-order valence-electron chi connectivity index (χ1n) is 8.18. The van der Waals surface area contributed by atoms with Gasteiger partial charge >= 0.3 is 0 Å². The maximum absolute atomic E-state index is 5.20. The Hall–Kier alpha value is -2.21. The monoisotopic (exact) mass is 311 g/mol. The SMILES string of the molecule is Cc1cc2nc([C@@H]3CCCCN3Cc3cc(C)on3)ccn2n1. The van der Waals surface area contributed by atoms with Gasteiger partial charge in [0, 0.05) is 24.9 Å². The van der Waals surface area contributed by atoms with E-state index in [1.165, 1.54) is 12.8 Å². The van der Waals surface area contributed by atoms with Crippen molar-refractivity contribution >= 4 is 5.65 Å². The van der Waals surface area contributed by atoms with Gasteiger partial charge in [0.25, 0.3) is 0 Å². The fourth-order valence-electron chi connectivity index (χ4n) is 3.41. The smallest absolute Gasteiger partial charge is 0.155 e. The molecule has 6 heteroatoms. The predicted molar refractivity (Wildman–Crippen MR) is 86.0 cm³/mol. The quantitative estimate of drug-likeness (QED) is 0.744. The zero-order valence-electron chi connectivity index (χ0n) is 13.6. The van der Waals surface area contributed by atoms with Gasteiger partial charge in [-0.1, -0.05) is 11.6 Å². The molecule has 23 heavy (non-hydrogen) atoms. The van der Waals surface area contributed by atoms with E-state index >= 15 is 0 Å². The largest absolute Gasteiger partial charge is 0.361 e. The van der Waals surface area contributed by atoms with Gasteiger partial charge in [-0.15, -0.1) is 0 Å². The van der Waals surface area contributed by atoms with E-state index in [4.69, 9.17) is 9.51 Å². The summed E-state index contributed by atoms with van der Waals surface area (Å²) < 4.78 is 7.04. The number of nitrogens with zero attached hydrogens (tertiary/aromatic N) is 5. The number of piperidine rings is 1. The van der Waals surface area contributed by atoms with E-state index < -0.39 is 0 Å². The number of fused-ring (bicyclic) bond motifs is 1. The number of likely N-dealkylation sites (tertiary alicyclic amines) is 1. The van der Waals surface area contributed by atoms with Gasteiger partial charge in [0.05, 0.1) is 23.1 Å². The maximum atomic E-state index is 5.20. The van der Waals surface area contributed by atoms with Gasteiger partial charge in [0.2, 0.25) is 0 Å². The van der Waals surface area contributed by atoms with Crippen LogP contribution in [0.3, 0.4) is 0 Å². The molecule has 1 saturated heterocycles. The average Bonchev–Trinajstić information content (AvgIpc) is 3.11. The lowest BCUT2D eigenvalue weighted by Gasteiger charge is -2.34. The van der Waals surface area contributed by atoms with Crippen molar-refractivity contribution in [1.29, 1.82) is 0 Å². The van der Waals surface area contributed by atoms with Crippen molar-refractivity contribution in [3.8, 4) is 0 Å². The molecule has 1 atom stereocenters. The van der Waals surface area contributed by atoms with Crippen molar-refractivity contribution in [2.75, 3.05) is 6.54 Å². The predicted octanol–water partition coefficient (Wildman–Crippen LogP) is 3.06. The minimum atomic E-state index is 0.334. The molecule has 0 aromatic carbocycles. The van der Waals surface area contributed by atoms with Crippen molar-refractivity contribution < 1.29 is 4.52 Å². The highest BCUT2D eigenvalue weighted by Gasteiger charge is 2.26. The normalized spacial score (nSPS) is 19.5. The lowest BCUT2D eigenvalue weighted by Crippen LogP contribution is -2.33. The third-order valence-corrected chi connectivity index (χ3v) is 4.47. The molecule has 1 fully saturated rings. The van der Waals surface area contributed by atoms with Crippen LogP contribution in [0.4, 0.5) is 0 Å². The molecule has 6 nitrogen and oxygen atoms in total. The van der Waals surface area contributed by atoms with Gasteiger partial charge < -0.3 is 4.52 Å². The second kappa shape index (κ2) is 5.77. The minimum Gasteiger partial charge on any atom is -0.361 e. The van der Waals surface area contributed by atoms with Crippen LogP contribution in [0.25, 0.3) is 5.65 Å². The summed E-state index contributed by atoms with van der Waals surface area (Å²) >= 11 is 0. The molecule has 1 aliphatic rings. The summed E-state index contributed by atoms with van der Waals surface area (Å²) in [6.45, 7) is 5.81. The van der Waals surface area contributed by atoms with Crippen molar-refractivity contribution in [2.24, 2.45) is 0 Å². The first-order valence-corrected chi connectivity index (χ1v) is 8.18. The fourth-order valence-corrected chi connectivity index (χ4v) is 3.41. The Morgan fingerprint density at radius 2 is 2.17 bits per heavy atom. The van der Waals surface area contributed by atoms with E-state index in [0.29, 0.717) is 6.04 Å². The van der Waals surface area contributed by atoms with Crippen LogP contribution in [0, 0.1) is 13.8 Å². The molecule has 0 radical (unpaired) electrons. The Labute approximate surface area is 135 Å². The Bertz CT molecular complexity index is 821. The van der Waals surface area contributed by atoms with E-state index in [1.54, 1.807) is 0 Å². The molecule has 0 saturated carbocycles. The molecule has 3 aromatic rings. The Kier molecular flexibility index (Phi) is 3.61. The highest BCUT2D eigenvalue weighted by molar-refractivity contribution is 5.39. The maximum Gasteiger partial charge on any atom is 0.155 e. The fraction of sp³-hybridized carbons (Fsp3) is 0.471. The van der Waals surface area contributed by atoms with Crippen molar-refractivity contribution in [1.82, 2.24) is 24.7 Å². The summed E-state index contributed by atoms with van der Waals surface area (Å²) in [6, 6.07) is 6.47. The summed E-state index contributed by atoms with van der Waals surface area (Å²) in [7, 11) is 0. The zero-order valence-corrected chi connectivity index (χ0v) is 13.6. The number of aryl methyl sites for hydroxylation is 2. The molecular formula is C17H21N5O. The van der Waals surface area contributed by atoms with Gasteiger partial charge in [0.1, 0.15) is 5.76 Å². The molecule has 0 aliphatic carbocycles. The molecule has 4 rings (SSSR count). The summed E-state index contributed by atoms with van der Waals surface area (Å²) in [5.41, 5.74) is 4.03. The third-order valence-electron chi connectivity index (χ3n) is 4.47. The highest BCUT2D eigenvalue weighted by atomic mass is 16.5. The van der Waals surface area contributed by atoms with Gasteiger partial charge in [-0.25, -0.2) is 9.50 Å². The standard InChI is InChI=1S/C17H21N5O/c1-12-9-17-18-15(6-8-22(17)19-12)16-5-3-4-7-21(16)11-14-10-13(2)23-20-14/h6,8-10,16H,3-5,7,11H2,1-2H3/t16-/m0/s1.